The maximum absolute atomic E-state index is 7.17. The molecule has 13 rings (SSSR count). The van der Waals surface area contributed by atoms with Gasteiger partial charge in [-0.2, -0.15) is 0 Å². The molecule has 1 atom stereocenters. The molecule has 1 aliphatic heterocycles. The molecule has 1 aromatic heterocycles. The van der Waals surface area contributed by atoms with E-state index in [0.29, 0.717) is 0 Å². The minimum Gasteiger partial charge on any atom is -0.455 e. The summed E-state index contributed by atoms with van der Waals surface area (Å²) in [4.78, 5) is 7.58. The summed E-state index contributed by atoms with van der Waals surface area (Å²) in [5.41, 5.74) is 14.4. The average Bonchev–Trinajstić information content (AvgIpc) is 3.88. The fourth-order valence-electron chi connectivity index (χ4n) is 10.8. The lowest BCUT2D eigenvalue weighted by Gasteiger charge is -2.39. The van der Waals surface area contributed by atoms with E-state index in [0.717, 1.165) is 67.6 Å². The number of nitrogens with zero attached hydrogens (tertiary/aromatic N) is 2. The van der Waals surface area contributed by atoms with E-state index in [-0.39, 0.29) is 6.04 Å². The molecule has 1 spiro atoms. The first-order valence-electron chi connectivity index (χ1n) is 21.8. The summed E-state index contributed by atoms with van der Waals surface area (Å²) < 4.78 is 7.17. The molecular formula is C59H40N2OS. The molecule has 298 valence electrons. The second-order valence-electron chi connectivity index (χ2n) is 16.7. The molecule has 1 unspecified atom stereocenters. The van der Waals surface area contributed by atoms with E-state index in [9.17, 15) is 0 Å². The highest BCUT2D eigenvalue weighted by atomic mass is 32.2. The number of anilines is 5. The molecule has 0 bridgehead atoms. The van der Waals surface area contributed by atoms with E-state index >= 15 is 0 Å². The lowest BCUT2D eigenvalue weighted by atomic mass is 9.67. The van der Waals surface area contributed by atoms with Crippen LogP contribution in [-0.4, -0.2) is 6.04 Å². The Morgan fingerprint density at radius 1 is 0.508 bits per heavy atom. The van der Waals surface area contributed by atoms with Crippen LogP contribution in [0, 0.1) is 0 Å². The van der Waals surface area contributed by atoms with E-state index in [1.807, 2.05) is 11.8 Å². The fraction of sp³-hybridized carbons (Fsp3) is 0.0508. The second-order valence-corrected chi connectivity index (χ2v) is 17.8. The smallest absolute Gasteiger partial charge is 0.143 e. The van der Waals surface area contributed by atoms with Gasteiger partial charge in [0.25, 0.3) is 0 Å². The number of hydrogen-bond donors (Lipinski definition) is 0. The topological polar surface area (TPSA) is 19.6 Å². The molecule has 63 heavy (non-hydrogen) atoms. The molecule has 0 saturated heterocycles. The Labute approximate surface area is 370 Å². The van der Waals surface area contributed by atoms with Gasteiger partial charge in [0.15, 0.2) is 0 Å². The minimum atomic E-state index is -0.508. The largest absolute Gasteiger partial charge is 0.455 e. The van der Waals surface area contributed by atoms with Crippen LogP contribution in [-0.2, 0) is 5.41 Å². The lowest BCUT2D eigenvalue weighted by Crippen LogP contribution is -2.32. The molecular weight excluding hydrogens is 785 g/mol. The third-order valence-electron chi connectivity index (χ3n) is 13.4. The van der Waals surface area contributed by atoms with Crippen molar-refractivity contribution in [2.45, 2.75) is 27.7 Å². The molecule has 2 aliphatic carbocycles. The minimum absolute atomic E-state index is 0.107. The second kappa shape index (κ2) is 14.3. The first kappa shape index (κ1) is 36.2. The first-order valence-corrected chi connectivity index (χ1v) is 22.6. The van der Waals surface area contributed by atoms with Crippen LogP contribution in [0.4, 0.5) is 28.4 Å². The van der Waals surface area contributed by atoms with Crippen molar-refractivity contribution in [1.82, 2.24) is 0 Å². The van der Waals surface area contributed by atoms with Crippen LogP contribution in [0.1, 0.15) is 28.7 Å². The molecule has 2 heterocycles. The van der Waals surface area contributed by atoms with Crippen LogP contribution in [0.2, 0.25) is 0 Å². The number of para-hydroxylation sites is 2. The molecule has 0 fully saturated rings. The van der Waals surface area contributed by atoms with Gasteiger partial charge in [-0.3, -0.25) is 0 Å². The molecule has 0 saturated carbocycles. The van der Waals surface area contributed by atoms with Gasteiger partial charge in [-0.25, -0.2) is 0 Å². The quantitative estimate of drug-likeness (QED) is 0.166. The van der Waals surface area contributed by atoms with Crippen LogP contribution in [0.3, 0.4) is 0 Å². The van der Waals surface area contributed by atoms with Crippen LogP contribution in [0.15, 0.2) is 239 Å². The maximum Gasteiger partial charge on any atom is 0.143 e. The third-order valence-corrected chi connectivity index (χ3v) is 14.5. The monoisotopic (exact) mass is 824 g/mol. The molecule has 9 aromatic carbocycles. The number of allylic oxidation sites excluding steroid dienone is 2. The lowest BCUT2D eigenvalue weighted by molar-refractivity contribution is 0.672. The van der Waals surface area contributed by atoms with Crippen molar-refractivity contribution in [1.29, 1.82) is 0 Å². The summed E-state index contributed by atoms with van der Waals surface area (Å²) >= 11 is 1.88. The van der Waals surface area contributed by atoms with Crippen molar-refractivity contribution < 1.29 is 4.42 Å². The van der Waals surface area contributed by atoms with Gasteiger partial charge in [-0.05, 0) is 94.2 Å². The van der Waals surface area contributed by atoms with Gasteiger partial charge in [0, 0.05) is 49.3 Å². The third kappa shape index (κ3) is 5.35. The van der Waals surface area contributed by atoms with E-state index in [1.165, 1.54) is 43.2 Å². The summed E-state index contributed by atoms with van der Waals surface area (Å²) in [5.74, 6) is 0. The fourth-order valence-corrected chi connectivity index (χ4v) is 12.0. The highest BCUT2D eigenvalue weighted by Gasteiger charge is 2.51. The van der Waals surface area contributed by atoms with E-state index in [4.69, 9.17) is 4.42 Å². The van der Waals surface area contributed by atoms with Crippen molar-refractivity contribution in [2.24, 2.45) is 0 Å². The van der Waals surface area contributed by atoms with Gasteiger partial charge in [0.05, 0.1) is 28.2 Å². The standard InChI is InChI=1S/C59H40N2OS/c1-4-20-40(21-5-1)60(41-22-6-2-7-23-41)43-37-52(57-46-36-35-39-19-10-11-26-44(39)58(46)62-53(57)38-43)61(42-24-8-3-9-25-42)51-32-18-31-50-56(51)45-27-12-13-28-47(45)59(50)48-29-14-16-33-54(48)63-55-34-17-15-30-49(55)59/h1-22,24-38,41H,23H2. The summed E-state index contributed by atoms with van der Waals surface area (Å²) in [6.07, 6.45) is 9.80. The Bertz CT molecular complexity index is 3450. The van der Waals surface area contributed by atoms with Crippen LogP contribution < -0.4 is 9.80 Å². The number of benzene rings is 9. The predicted molar refractivity (Wildman–Crippen MR) is 263 cm³/mol. The number of furan rings is 1. The Morgan fingerprint density at radius 3 is 1.94 bits per heavy atom. The molecule has 3 nitrogen and oxygen atoms in total. The molecule has 3 aliphatic rings. The van der Waals surface area contributed by atoms with E-state index in [1.54, 1.807) is 0 Å². The Balaban J connectivity index is 1.16. The van der Waals surface area contributed by atoms with Crippen LogP contribution in [0.5, 0.6) is 0 Å². The predicted octanol–water partition coefficient (Wildman–Crippen LogP) is 16.1. The average molecular weight is 825 g/mol. The Kier molecular flexibility index (Phi) is 8.19. The highest BCUT2D eigenvalue weighted by molar-refractivity contribution is 7.99. The Morgan fingerprint density at radius 2 is 1.17 bits per heavy atom. The van der Waals surface area contributed by atoms with Gasteiger partial charge in [0.1, 0.15) is 11.2 Å². The van der Waals surface area contributed by atoms with Crippen molar-refractivity contribution in [3.05, 3.63) is 247 Å². The zero-order valence-corrected chi connectivity index (χ0v) is 35.2. The SMILES string of the molecule is C1=CCC(N(c2ccccc2)c2cc(N(c3ccccc3)c3cccc4c3-c3ccccc3C43c4ccccc4Sc4ccccc43)c3c(c2)oc2c4ccccc4ccc23)C=C1. The van der Waals surface area contributed by atoms with Gasteiger partial charge in [-0.1, -0.05) is 176 Å². The van der Waals surface area contributed by atoms with Crippen molar-refractivity contribution in [3.8, 4) is 11.1 Å². The van der Waals surface area contributed by atoms with Gasteiger partial charge >= 0.3 is 0 Å². The van der Waals surface area contributed by atoms with Gasteiger partial charge in [0.2, 0.25) is 0 Å². The summed E-state index contributed by atoms with van der Waals surface area (Å²) in [7, 11) is 0. The molecule has 0 amide bonds. The van der Waals surface area contributed by atoms with Gasteiger partial charge < -0.3 is 14.2 Å². The summed E-state index contributed by atoms with van der Waals surface area (Å²) in [6, 6.07) is 73.8. The zero-order valence-electron chi connectivity index (χ0n) is 34.4. The molecule has 10 aromatic rings. The molecule has 0 N–H and O–H groups in total. The van der Waals surface area contributed by atoms with E-state index in [2.05, 4.69) is 234 Å². The van der Waals surface area contributed by atoms with Crippen LogP contribution >= 0.6 is 11.8 Å². The van der Waals surface area contributed by atoms with Crippen molar-refractivity contribution in [2.75, 3.05) is 9.80 Å². The molecule has 0 radical (unpaired) electrons. The number of rotatable bonds is 6. The number of fused-ring (bicyclic) bond motifs is 14. The first-order chi connectivity index (χ1) is 31.3. The van der Waals surface area contributed by atoms with Crippen molar-refractivity contribution >= 4 is 72.9 Å². The Hall–Kier alpha value is -7.53. The number of hydrogen-bond acceptors (Lipinski definition) is 4. The van der Waals surface area contributed by atoms with Gasteiger partial charge in [-0.15, -0.1) is 0 Å². The highest BCUT2D eigenvalue weighted by Crippen LogP contribution is 2.64. The molecule has 4 heteroatoms. The normalized spacial score (nSPS) is 15.3. The zero-order chi connectivity index (χ0) is 41.5. The van der Waals surface area contributed by atoms with Crippen molar-refractivity contribution in [3.63, 3.8) is 0 Å². The van der Waals surface area contributed by atoms with E-state index < -0.39 is 5.41 Å². The summed E-state index contributed by atoms with van der Waals surface area (Å²) in [6.45, 7) is 0. The summed E-state index contributed by atoms with van der Waals surface area (Å²) in [5, 5.41) is 4.44. The van der Waals surface area contributed by atoms with Crippen LogP contribution in [0.25, 0.3) is 43.8 Å². The maximum atomic E-state index is 7.17.